The van der Waals surface area contributed by atoms with Crippen LogP contribution >= 0.6 is 0 Å². The summed E-state index contributed by atoms with van der Waals surface area (Å²) in [5.74, 6) is 0.689. The largest absolute Gasteiger partial charge is 0.455 e. The molecular formula is C57H37N3O2. The van der Waals surface area contributed by atoms with Crippen molar-refractivity contribution in [2.24, 2.45) is 15.9 Å². The molecule has 0 fully saturated rings. The molecule has 12 aromatic rings. The van der Waals surface area contributed by atoms with E-state index in [1.807, 2.05) is 18.2 Å². The summed E-state index contributed by atoms with van der Waals surface area (Å²) in [6, 6.07) is 64.3. The molecule has 3 aromatic heterocycles. The Balaban J connectivity index is 1.12. The smallest absolute Gasteiger partial charge is 0.160 e. The Morgan fingerprint density at radius 3 is 1.95 bits per heavy atom. The van der Waals surface area contributed by atoms with Gasteiger partial charge in [0.2, 0.25) is 0 Å². The zero-order chi connectivity index (χ0) is 40.9. The number of amidine groups is 1. The average Bonchev–Trinajstić information content (AvgIpc) is 4.00. The van der Waals surface area contributed by atoms with Crippen molar-refractivity contribution < 1.29 is 8.83 Å². The summed E-state index contributed by atoms with van der Waals surface area (Å²) >= 11 is 0. The van der Waals surface area contributed by atoms with Gasteiger partial charge in [-0.25, -0.2) is 9.98 Å². The minimum atomic E-state index is 0.0690. The molecule has 0 amide bonds. The van der Waals surface area contributed by atoms with E-state index in [2.05, 4.69) is 181 Å². The molecule has 0 aliphatic carbocycles. The number of para-hydroxylation sites is 4. The number of furan rings is 2. The Kier molecular flexibility index (Phi) is 7.58. The second-order valence-electron chi connectivity index (χ2n) is 16.5. The molecule has 0 N–H and O–H groups in total. The Labute approximate surface area is 356 Å². The SMILES string of the molecule is CC1C/C=C(\c2cccc3c2oc2ccccc23)N=C(c2ccc(-n3c4ccccc4c4cc5ccccc5cc43)c3oc4ccccc4c23)N=C1c1cccc2ccccc12. The maximum absolute atomic E-state index is 7.02. The first-order chi connectivity index (χ1) is 30.7. The number of hydrogen-bond acceptors (Lipinski definition) is 4. The Bertz CT molecular complexity index is 3920. The van der Waals surface area contributed by atoms with E-state index in [1.54, 1.807) is 0 Å². The summed E-state index contributed by atoms with van der Waals surface area (Å²) in [6.45, 7) is 2.28. The normalized spacial score (nSPS) is 15.8. The number of aromatic nitrogens is 1. The van der Waals surface area contributed by atoms with Crippen molar-refractivity contribution in [3.05, 3.63) is 205 Å². The minimum Gasteiger partial charge on any atom is -0.455 e. The minimum absolute atomic E-state index is 0.0690. The molecule has 1 atom stereocenters. The van der Waals surface area contributed by atoms with Crippen LogP contribution in [0.2, 0.25) is 0 Å². The molecule has 0 bridgehead atoms. The summed E-state index contributed by atoms with van der Waals surface area (Å²) < 4.78 is 16.0. The molecule has 0 saturated heterocycles. The molecule has 292 valence electrons. The number of rotatable bonds is 4. The van der Waals surface area contributed by atoms with E-state index in [0.717, 1.165) is 95.1 Å². The van der Waals surface area contributed by atoms with Crippen molar-refractivity contribution in [1.29, 1.82) is 0 Å². The third-order valence-electron chi connectivity index (χ3n) is 12.9. The third-order valence-corrected chi connectivity index (χ3v) is 12.9. The number of nitrogens with zero attached hydrogens (tertiary/aromatic N) is 3. The van der Waals surface area contributed by atoms with E-state index in [-0.39, 0.29) is 5.92 Å². The van der Waals surface area contributed by atoms with Crippen molar-refractivity contribution in [2.75, 3.05) is 0 Å². The summed E-state index contributed by atoms with van der Waals surface area (Å²) in [6.07, 6.45) is 3.02. The van der Waals surface area contributed by atoms with E-state index < -0.39 is 0 Å². The second-order valence-corrected chi connectivity index (χ2v) is 16.5. The van der Waals surface area contributed by atoms with E-state index in [4.69, 9.17) is 18.8 Å². The number of fused-ring (bicyclic) bond motifs is 11. The molecule has 0 radical (unpaired) electrons. The second kappa shape index (κ2) is 13.5. The van der Waals surface area contributed by atoms with Crippen LogP contribution in [0.5, 0.6) is 0 Å². The van der Waals surface area contributed by atoms with E-state index in [1.165, 1.54) is 32.3 Å². The quantitative estimate of drug-likeness (QED) is 0.178. The zero-order valence-corrected chi connectivity index (χ0v) is 33.8. The Hall–Kier alpha value is -8.02. The van der Waals surface area contributed by atoms with E-state index in [9.17, 15) is 0 Å². The summed E-state index contributed by atoms with van der Waals surface area (Å²) in [4.78, 5) is 11.3. The lowest BCUT2D eigenvalue weighted by Gasteiger charge is -2.20. The van der Waals surface area contributed by atoms with Crippen LogP contribution in [0.15, 0.2) is 207 Å². The maximum atomic E-state index is 7.02. The third kappa shape index (κ3) is 5.21. The van der Waals surface area contributed by atoms with E-state index >= 15 is 0 Å². The van der Waals surface area contributed by atoms with Crippen LogP contribution < -0.4 is 0 Å². The van der Waals surface area contributed by atoms with Crippen LogP contribution in [0.1, 0.15) is 30.0 Å². The van der Waals surface area contributed by atoms with Crippen molar-refractivity contribution in [1.82, 2.24) is 4.57 Å². The number of hydrogen-bond donors (Lipinski definition) is 0. The van der Waals surface area contributed by atoms with Gasteiger partial charge in [-0.2, -0.15) is 0 Å². The maximum Gasteiger partial charge on any atom is 0.160 e. The van der Waals surface area contributed by atoms with Crippen LogP contribution in [-0.2, 0) is 0 Å². The summed E-state index contributed by atoms with van der Waals surface area (Å²) in [5.41, 5.74) is 11.2. The van der Waals surface area contributed by atoms with Gasteiger partial charge in [0.1, 0.15) is 16.7 Å². The highest BCUT2D eigenvalue weighted by Crippen LogP contribution is 2.42. The molecule has 4 heterocycles. The fourth-order valence-corrected chi connectivity index (χ4v) is 9.91. The average molecular weight is 796 g/mol. The van der Waals surface area contributed by atoms with Crippen molar-refractivity contribution >= 4 is 104 Å². The molecule has 1 aliphatic heterocycles. The number of allylic oxidation sites excluding steroid dienone is 1. The standard InChI is InChI=1S/C57H37N3O2/c1-34-28-30-47(43-24-13-23-42-40-20-7-10-26-51(40)61-55(42)43)58-57(59-54(34)41-22-12-17-35-14-4-5-18-38(35)41)45-29-31-49(56-53(45)44-21-8-11-27-52(44)62-56)60-48-25-9-6-19-39(48)46-32-36-15-2-3-16-37(36)33-50(46)60/h2-27,29-34H,28H2,1H3/b47-30+,58-57?,59-54?. The highest BCUT2D eigenvalue weighted by Gasteiger charge is 2.26. The van der Waals surface area contributed by atoms with Gasteiger partial charge >= 0.3 is 0 Å². The van der Waals surface area contributed by atoms with Crippen LogP contribution in [0.4, 0.5) is 0 Å². The lowest BCUT2D eigenvalue weighted by atomic mass is 9.90. The summed E-state index contributed by atoms with van der Waals surface area (Å²) in [7, 11) is 0. The predicted molar refractivity (Wildman–Crippen MR) is 258 cm³/mol. The molecule has 0 spiro atoms. The number of aliphatic imine (C=N–C) groups is 2. The molecule has 0 saturated carbocycles. The van der Waals surface area contributed by atoms with Gasteiger partial charge in [0.25, 0.3) is 0 Å². The highest BCUT2D eigenvalue weighted by molar-refractivity contribution is 6.26. The first-order valence-electron chi connectivity index (χ1n) is 21.3. The molecule has 1 unspecified atom stereocenters. The lowest BCUT2D eigenvalue weighted by molar-refractivity contribution is 0.666. The summed E-state index contributed by atoms with van der Waals surface area (Å²) in [5, 5.41) is 11.3. The lowest BCUT2D eigenvalue weighted by Crippen LogP contribution is -2.17. The van der Waals surface area contributed by atoms with Crippen LogP contribution in [0, 0.1) is 5.92 Å². The van der Waals surface area contributed by atoms with Crippen molar-refractivity contribution in [2.45, 2.75) is 13.3 Å². The van der Waals surface area contributed by atoms with E-state index in [0.29, 0.717) is 5.84 Å². The van der Waals surface area contributed by atoms with Gasteiger partial charge in [-0.1, -0.05) is 146 Å². The Morgan fingerprint density at radius 1 is 0.468 bits per heavy atom. The molecule has 62 heavy (non-hydrogen) atoms. The fraction of sp³-hybridized carbons (Fsp3) is 0.0526. The molecule has 5 heteroatoms. The van der Waals surface area contributed by atoms with Gasteiger partial charge in [-0.05, 0) is 76.5 Å². The first kappa shape index (κ1) is 34.8. The van der Waals surface area contributed by atoms with Gasteiger partial charge in [0.05, 0.1) is 28.1 Å². The van der Waals surface area contributed by atoms with Gasteiger partial charge in [0, 0.05) is 54.9 Å². The molecule has 13 rings (SSSR count). The molecule has 1 aliphatic rings. The topological polar surface area (TPSA) is 55.9 Å². The Morgan fingerprint density at radius 2 is 1.10 bits per heavy atom. The molecule has 5 nitrogen and oxygen atoms in total. The monoisotopic (exact) mass is 795 g/mol. The van der Waals surface area contributed by atoms with Crippen molar-refractivity contribution in [3.63, 3.8) is 0 Å². The van der Waals surface area contributed by atoms with Crippen LogP contribution in [-0.4, -0.2) is 16.1 Å². The molecule has 9 aromatic carbocycles. The van der Waals surface area contributed by atoms with Gasteiger partial charge in [-0.3, -0.25) is 0 Å². The van der Waals surface area contributed by atoms with Crippen molar-refractivity contribution in [3.8, 4) is 5.69 Å². The number of benzene rings is 9. The highest BCUT2D eigenvalue weighted by atomic mass is 16.3. The fourth-order valence-electron chi connectivity index (χ4n) is 9.91. The first-order valence-corrected chi connectivity index (χ1v) is 21.3. The van der Waals surface area contributed by atoms with Gasteiger partial charge in [-0.15, -0.1) is 0 Å². The van der Waals surface area contributed by atoms with Crippen LogP contribution in [0.25, 0.3) is 98.6 Å². The van der Waals surface area contributed by atoms with Gasteiger partial charge < -0.3 is 13.4 Å². The van der Waals surface area contributed by atoms with Gasteiger partial charge in [0.15, 0.2) is 11.4 Å². The predicted octanol–water partition coefficient (Wildman–Crippen LogP) is 15.2. The van der Waals surface area contributed by atoms with Crippen LogP contribution in [0.3, 0.4) is 0 Å². The molecular weight excluding hydrogens is 759 g/mol. The zero-order valence-electron chi connectivity index (χ0n) is 33.8.